The minimum absolute atomic E-state index is 0.544. The van der Waals surface area contributed by atoms with E-state index in [1.54, 1.807) is 0 Å². The molecule has 4 saturated carbocycles. The summed E-state index contributed by atoms with van der Waals surface area (Å²) in [6, 6.07) is 6.93. The Kier molecular flexibility index (Phi) is 2.78. The summed E-state index contributed by atoms with van der Waals surface area (Å²) in [5.74, 6) is 4.18. The quantitative estimate of drug-likeness (QED) is 0.662. The Morgan fingerprint density at radius 2 is 1.71 bits per heavy atom. The molecule has 1 aliphatic heterocycles. The van der Waals surface area contributed by atoms with E-state index >= 15 is 0 Å². The Morgan fingerprint density at radius 1 is 1.05 bits per heavy atom. The fourth-order valence-corrected chi connectivity index (χ4v) is 7.05. The smallest absolute Gasteiger partial charge is 0.122 e. The number of fused-ring (bicyclic) bond motifs is 1. The first-order chi connectivity index (χ1) is 10.2. The lowest BCUT2D eigenvalue weighted by molar-refractivity contribution is -0.0528. The molecule has 0 aromatic heterocycles. The van der Waals surface area contributed by atoms with Gasteiger partial charge >= 0.3 is 0 Å². The molecule has 0 saturated heterocycles. The lowest BCUT2D eigenvalue weighted by atomic mass is 9.48. The van der Waals surface area contributed by atoms with Crippen molar-refractivity contribution in [3.8, 4) is 5.75 Å². The van der Waals surface area contributed by atoms with Crippen molar-refractivity contribution in [3.05, 3.63) is 29.3 Å². The second kappa shape index (κ2) is 4.50. The molecule has 5 aliphatic rings. The van der Waals surface area contributed by atoms with Gasteiger partial charge in [0.25, 0.3) is 0 Å². The Morgan fingerprint density at radius 3 is 2.38 bits per heavy atom. The molecule has 1 aromatic rings. The molecule has 4 bridgehead atoms. The summed E-state index contributed by atoms with van der Waals surface area (Å²) in [6.45, 7) is 0.864. The molecule has 0 radical (unpaired) electrons. The number of rotatable bonds is 2. The van der Waals surface area contributed by atoms with Gasteiger partial charge in [-0.3, -0.25) is 0 Å². The molecule has 0 N–H and O–H groups in total. The predicted octanol–water partition coefficient (Wildman–Crippen LogP) is 5.27. The highest BCUT2D eigenvalue weighted by atomic mass is 79.9. The molecule has 1 nitrogen and oxygen atoms in total. The Labute approximate surface area is 135 Å². The van der Waals surface area contributed by atoms with E-state index in [1.165, 1.54) is 49.7 Å². The largest absolute Gasteiger partial charge is 0.493 e. The van der Waals surface area contributed by atoms with E-state index in [1.807, 2.05) is 0 Å². The van der Waals surface area contributed by atoms with E-state index < -0.39 is 0 Å². The molecule has 2 heteroatoms. The van der Waals surface area contributed by atoms with E-state index in [9.17, 15) is 0 Å². The van der Waals surface area contributed by atoms with Gasteiger partial charge in [-0.05, 0) is 78.9 Å². The van der Waals surface area contributed by atoms with Crippen molar-refractivity contribution in [2.75, 3.05) is 6.61 Å². The van der Waals surface area contributed by atoms with Crippen molar-refractivity contribution in [1.82, 2.24) is 0 Å². The highest BCUT2D eigenvalue weighted by molar-refractivity contribution is 9.09. The summed E-state index contributed by atoms with van der Waals surface area (Å²) < 4.78 is 5.67. The minimum Gasteiger partial charge on any atom is -0.493 e. The second-order valence-corrected chi connectivity index (χ2v) is 9.02. The average molecular weight is 347 g/mol. The summed E-state index contributed by atoms with van der Waals surface area (Å²) in [5, 5.41) is 0. The standard InChI is InChI=1S/C19H23BrO/c20-18(16-1-2-17-15(8-16)3-4-21-17)19-9-12-5-13(10-19)7-14(6-12)11-19/h1-2,8,12-14,18H,3-7,9-11H2. The van der Waals surface area contributed by atoms with Crippen LogP contribution in [-0.4, -0.2) is 6.61 Å². The van der Waals surface area contributed by atoms with Gasteiger partial charge in [-0.25, -0.2) is 0 Å². The van der Waals surface area contributed by atoms with Crippen LogP contribution in [0.5, 0.6) is 5.75 Å². The number of halogens is 1. The van der Waals surface area contributed by atoms with Crippen LogP contribution in [0.2, 0.25) is 0 Å². The van der Waals surface area contributed by atoms with Crippen LogP contribution in [0.25, 0.3) is 0 Å². The fourth-order valence-electron chi connectivity index (χ4n) is 6.21. The highest BCUT2D eigenvalue weighted by Gasteiger charge is 2.53. The average Bonchev–Trinajstić information content (AvgIpc) is 2.92. The van der Waals surface area contributed by atoms with E-state index in [0.717, 1.165) is 36.5 Å². The van der Waals surface area contributed by atoms with Crippen molar-refractivity contribution in [3.63, 3.8) is 0 Å². The third kappa shape index (κ3) is 1.94. The van der Waals surface area contributed by atoms with E-state index in [4.69, 9.17) is 4.74 Å². The third-order valence-corrected chi connectivity index (χ3v) is 8.13. The van der Waals surface area contributed by atoms with Crippen LogP contribution in [0.1, 0.15) is 54.5 Å². The van der Waals surface area contributed by atoms with Crippen molar-refractivity contribution in [2.45, 2.75) is 49.8 Å². The first-order valence-electron chi connectivity index (χ1n) is 8.61. The van der Waals surface area contributed by atoms with Crippen LogP contribution in [-0.2, 0) is 6.42 Å². The topological polar surface area (TPSA) is 9.23 Å². The predicted molar refractivity (Wildman–Crippen MR) is 87.9 cm³/mol. The Bertz CT molecular complexity index is 544. The van der Waals surface area contributed by atoms with Gasteiger partial charge in [0.05, 0.1) is 6.61 Å². The van der Waals surface area contributed by atoms with Crippen molar-refractivity contribution in [1.29, 1.82) is 0 Å². The molecule has 112 valence electrons. The van der Waals surface area contributed by atoms with Crippen LogP contribution in [0, 0.1) is 23.2 Å². The minimum atomic E-state index is 0.544. The van der Waals surface area contributed by atoms with Gasteiger partial charge in [0.1, 0.15) is 5.75 Å². The van der Waals surface area contributed by atoms with Gasteiger partial charge in [-0.1, -0.05) is 28.1 Å². The maximum absolute atomic E-state index is 5.67. The molecule has 4 fully saturated rings. The van der Waals surface area contributed by atoms with Gasteiger partial charge in [0, 0.05) is 11.2 Å². The SMILES string of the molecule is BrC(c1ccc2c(c1)CCO2)C12CC3CC(CC(C3)C1)C2. The number of alkyl halides is 1. The maximum Gasteiger partial charge on any atom is 0.122 e. The van der Waals surface area contributed by atoms with E-state index in [-0.39, 0.29) is 0 Å². The van der Waals surface area contributed by atoms with Gasteiger partial charge in [0.15, 0.2) is 0 Å². The van der Waals surface area contributed by atoms with Gasteiger partial charge in [0.2, 0.25) is 0 Å². The first-order valence-corrected chi connectivity index (χ1v) is 9.53. The van der Waals surface area contributed by atoms with Crippen LogP contribution >= 0.6 is 15.9 Å². The summed E-state index contributed by atoms with van der Waals surface area (Å²) in [6.07, 6.45) is 10.0. The number of ether oxygens (including phenoxy) is 1. The lowest BCUT2D eigenvalue weighted by Gasteiger charge is -2.58. The van der Waals surface area contributed by atoms with Crippen molar-refractivity contribution in [2.24, 2.45) is 23.2 Å². The lowest BCUT2D eigenvalue weighted by Crippen LogP contribution is -2.47. The number of hydrogen-bond donors (Lipinski definition) is 0. The van der Waals surface area contributed by atoms with Crippen molar-refractivity contribution < 1.29 is 4.74 Å². The summed E-state index contributed by atoms with van der Waals surface area (Å²) in [7, 11) is 0. The van der Waals surface area contributed by atoms with Gasteiger partial charge < -0.3 is 4.74 Å². The van der Waals surface area contributed by atoms with Crippen LogP contribution in [0.3, 0.4) is 0 Å². The normalized spacial score (nSPS) is 40.9. The monoisotopic (exact) mass is 346 g/mol. The zero-order valence-electron chi connectivity index (χ0n) is 12.5. The summed E-state index contributed by atoms with van der Waals surface area (Å²) in [4.78, 5) is 0.546. The zero-order chi connectivity index (χ0) is 14.0. The maximum atomic E-state index is 5.67. The summed E-state index contributed by atoms with van der Waals surface area (Å²) >= 11 is 4.14. The molecule has 1 unspecified atom stereocenters. The van der Waals surface area contributed by atoms with Gasteiger partial charge in [-0.15, -0.1) is 0 Å². The molecule has 4 aliphatic carbocycles. The van der Waals surface area contributed by atoms with Gasteiger partial charge in [-0.2, -0.15) is 0 Å². The molecule has 1 aromatic carbocycles. The molecule has 1 heterocycles. The molecule has 0 amide bonds. The molecule has 6 rings (SSSR count). The zero-order valence-corrected chi connectivity index (χ0v) is 14.1. The Hall–Kier alpha value is -0.500. The van der Waals surface area contributed by atoms with E-state index in [0.29, 0.717) is 10.2 Å². The van der Waals surface area contributed by atoms with Crippen LogP contribution in [0.4, 0.5) is 0 Å². The summed E-state index contributed by atoms with van der Waals surface area (Å²) in [5.41, 5.74) is 3.46. The first kappa shape index (κ1) is 13.0. The second-order valence-electron chi connectivity index (χ2n) is 8.11. The molecular weight excluding hydrogens is 324 g/mol. The molecular formula is C19H23BrO. The third-order valence-electron chi connectivity index (χ3n) is 6.63. The number of hydrogen-bond acceptors (Lipinski definition) is 1. The fraction of sp³-hybridized carbons (Fsp3) is 0.684. The van der Waals surface area contributed by atoms with Crippen LogP contribution in [0.15, 0.2) is 18.2 Å². The van der Waals surface area contributed by atoms with Crippen LogP contribution < -0.4 is 4.74 Å². The Balaban J connectivity index is 1.49. The molecule has 1 atom stereocenters. The molecule has 0 spiro atoms. The number of benzene rings is 1. The molecule has 21 heavy (non-hydrogen) atoms. The highest BCUT2D eigenvalue weighted by Crippen LogP contribution is 2.66. The van der Waals surface area contributed by atoms with Crippen molar-refractivity contribution >= 4 is 15.9 Å². The van der Waals surface area contributed by atoms with E-state index in [2.05, 4.69) is 34.1 Å².